The molecule has 1 unspecified atom stereocenters. The van der Waals surface area contributed by atoms with Gasteiger partial charge in [-0.1, -0.05) is 0 Å². The third-order valence-electron chi connectivity index (χ3n) is 3.35. The van der Waals surface area contributed by atoms with Crippen molar-refractivity contribution in [2.75, 3.05) is 23.0 Å². The quantitative estimate of drug-likeness (QED) is 0.627. The number of nitro groups is 1. The fourth-order valence-electron chi connectivity index (χ4n) is 2.36. The van der Waals surface area contributed by atoms with Crippen LogP contribution in [-0.2, 0) is 14.6 Å². The smallest absolute Gasteiger partial charge is 0.323 e. The van der Waals surface area contributed by atoms with Crippen molar-refractivity contribution >= 4 is 27.2 Å². The molecule has 0 amide bonds. The lowest BCUT2D eigenvalue weighted by molar-refractivity contribution is -0.384. The molecule has 1 heterocycles. The summed E-state index contributed by atoms with van der Waals surface area (Å²) in [7, 11) is -3.15. The van der Waals surface area contributed by atoms with Gasteiger partial charge in [0.1, 0.15) is 6.54 Å². The predicted molar refractivity (Wildman–Crippen MR) is 75.1 cm³/mol. The molecule has 1 saturated heterocycles. The maximum Gasteiger partial charge on any atom is 0.323 e. The Kier molecular flexibility index (Phi) is 4.12. The van der Waals surface area contributed by atoms with Gasteiger partial charge in [-0.25, -0.2) is 8.42 Å². The SMILES string of the molecule is O=C(O)CN(c1ccc([N+](=O)[O-])cc1)C1CCS(=O)(=O)C1. The second kappa shape index (κ2) is 5.68. The molecule has 0 saturated carbocycles. The number of sulfone groups is 1. The normalized spacial score (nSPS) is 20.1. The van der Waals surface area contributed by atoms with Crippen molar-refractivity contribution in [1.29, 1.82) is 0 Å². The highest BCUT2D eigenvalue weighted by Crippen LogP contribution is 2.26. The van der Waals surface area contributed by atoms with Gasteiger partial charge in [-0.2, -0.15) is 0 Å². The number of nitro benzene ring substituents is 1. The molecular weight excluding hydrogens is 300 g/mol. The molecule has 114 valence electrons. The van der Waals surface area contributed by atoms with Crippen molar-refractivity contribution in [3.05, 3.63) is 34.4 Å². The van der Waals surface area contributed by atoms with Crippen LogP contribution in [0.2, 0.25) is 0 Å². The van der Waals surface area contributed by atoms with Crippen LogP contribution in [0.25, 0.3) is 0 Å². The van der Waals surface area contributed by atoms with E-state index in [-0.39, 0.29) is 23.7 Å². The summed E-state index contributed by atoms with van der Waals surface area (Å²) < 4.78 is 23.1. The first kappa shape index (κ1) is 15.2. The first-order chi connectivity index (χ1) is 9.78. The largest absolute Gasteiger partial charge is 0.480 e. The van der Waals surface area contributed by atoms with Gasteiger partial charge in [0.2, 0.25) is 0 Å². The standard InChI is InChI=1S/C12H14N2O6S/c15-12(16)7-13(11-5-6-21(19,20)8-11)9-1-3-10(4-2-9)14(17)18/h1-4,11H,5-8H2,(H,15,16). The number of benzene rings is 1. The molecule has 0 spiro atoms. The Morgan fingerprint density at radius 1 is 1.38 bits per heavy atom. The van der Waals surface area contributed by atoms with Crippen LogP contribution in [0.3, 0.4) is 0 Å². The van der Waals surface area contributed by atoms with Crippen LogP contribution >= 0.6 is 0 Å². The van der Waals surface area contributed by atoms with Crippen LogP contribution in [0.5, 0.6) is 0 Å². The minimum absolute atomic E-state index is 0.0285. The lowest BCUT2D eigenvalue weighted by atomic mass is 10.1. The van der Waals surface area contributed by atoms with Crippen molar-refractivity contribution in [1.82, 2.24) is 0 Å². The van der Waals surface area contributed by atoms with Crippen LogP contribution < -0.4 is 4.90 Å². The molecule has 0 radical (unpaired) electrons. The minimum Gasteiger partial charge on any atom is -0.480 e. The van der Waals surface area contributed by atoms with Crippen molar-refractivity contribution < 1.29 is 23.2 Å². The van der Waals surface area contributed by atoms with E-state index in [2.05, 4.69) is 0 Å². The summed E-state index contributed by atoms with van der Waals surface area (Å²) in [6.07, 6.45) is 0.354. The van der Waals surface area contributed by atoms with E-state index in [1.165, 1.54) is 29.2 Å². The van der Waals surface area contributed by atoms with Crippen LogP contribution in [0.4, 0.5) is 11.4 Å². The van der Waals surface area contributed by atoms with E-state index in [0.29, 0.717) is 12.1 Å². The van der Waals surface area contributed by atoms with Crippen molar-refractivity contribution in [3.63, 3.8) is 0 Å². The summed E-state index contributed by atoms with van der Waals surface area (Å²) in [5.74, 6) is -1.16. The molecular formula is C12H14N2O6S. The van der Waals surface area contributed by atoms with Crippen LogP contribution in [0, 0.1) is 10.1 Å². The van der Waals surface area contributed by atoms with Crippen LogP contribution in [-0.4, -0.2) is 48.5 Å². The molecule has 21 heavy (non-hydrogen) atoms. The fourth-order valence-corrected chi connectivity index (χ4v) is 4.09. The molecule has 1 aromatic rings. The molecule has 2 rings (SSSR count). The van der Waals surface area contributed by atoms with Gasteiger partial charge in [-0.05, 0) is 18.6 Å². The summed E-state index contributed by atoms with van der Waals surface area (Å²) >= 11 is 0. The maximum atomic E-state index is 11.5. The summed E-state index contributed by atoms with van der Waals surface area (Å²) in [6, 6.07) is 4.99. The average molecular weight is 314 g/mol. The lowest BCUT2D eigenvalue weighted by Gasteiger charge is -2.28. The number of nitrogens with zero attached hydrogens (tertiary/aromatic N) is 2. The Morgan fingerprint density at radius 3 is 2.43 bits per heavy atom. The fraction of sp³-hybridized carbons (Fsp3) is 0.417. The highest BCUT2D eigenvalue weighted by molar-refractivity contribution is 7.91. The van der Waals surface area contributed by atoms with Crippen molar-refractivity contribution in [2.45, 2.75) is 12.5 Å². The van der Waals surface area contributed by atoms with E-state index in [0.717, 1.165) is 0 Å². The predicted octanol–water partition coefficient (Wildman–Crippen LogP) is 0.673. The second-order valence-corrected chi connectivity index (χ2v) is 7.08. The van der Waals surface area contributed by atoms with Gasteiger partial charge in [-0.15, -0.1) is 0 Å². The van der Waals surface area contributed by atoms with Gasteiger partial charge in [0.15, 0.2) is 9.84 Å². The summed E-state index contributed by atoms with van der Waals surface area (Å²) in [6.45, 7) is -0.349. The van der Waals surface area contributed by atoms with E-state index in [4.69, 9.17) is 5.11 Å². The van der Waals surface area contributed by atoms with E-state index < -0.39 is 26.8 Å². The zero-order valence-electron chi connectivity index (χ0n) is 11.0. The van der Waals surface area contributed by atoms with Gasteiger partial charge in [0, 0.05) is 23.9 Å². The van der Waals surface area contributed by atoms with Crippen LogP contribution in [0.1, 0.15) is 6.42 Å². The zero-order valence-corrected chi connectivity index (χ0v) is 11.8. The summed E-state index contributed by atoms with van der Waals surface area (Å²) in [5.41, 5.74) is 0.359. The molecule has 0 bridgehead atoms. The van der Waals surface area contributed by atoms with Gasteiger partial charge >= 0.3 is 5.97 Å². The van der Waals surface area contributed by atoms with E-state index >= 15 is 0 Å². The highest BCUT2D eigenvalue weighted by Gasteiger charge is 2.33. The Balaban J connectivity index is 2.27. The van der Waals surface area contributed by atoms with Crippen molar-refractivity contribution in [2.24, 2.45) is 0 Å². The Morgan fingerprint density at radius 2 is 2.00 bits per heavy atom. The molecule has 0 aliphatic carbocycles. The number of carbonyl (C=O) groups is 1. The van der Waals surface area contributed by atoms with Gasteiger partial charge < -0.3 is 10.0 Å². The van der Waals surface area contributed by atoms with Crippen LogP contribution in [0.15, 0.2) is 24.3 Å². The minimum atomic E-state index is -3.15. The van der Waals surface area contributed by atoms with Gasteiger partial charge in [0.05, 0.1) is 16.4 Å². The number of anilines is 1. The molecule has 1 aromatic carbocycles. The van der Waals surface area contributed by atoms with Gasteiger partial charge in [0.25, 0.3) is 5.69 Å². The molecule has 8 nitrogen and oxygen atoms in total. The number of carboxylic acid groups (broad SMARTS) is 1. The highest BCUT2D eigenvalue weighted by atomic mass is 32.2. The topological polar surface area (TPSA) is 118 Å². The Labute approximate surface area is 121 Å². The molecule has 9 heteroatoms. The molecule has 1 fully saturated rings. The Hall–Kier alpha value is -2.16. The summed E-state index contributed by atoms with van der Waals surface area (Å²) in [4.78, 5) is 22.5. The summed E-state index contributed by atoms with van der Waals surface area (Å²) in [5, 5.41) is 19.6. The number of hydrogen-bond acceptors (Lipinski definition) is 6. The lowest BCUT2D eigenvalue weighted by Crippen LogP contribution is -2.40. The molecule has 1 N–H and O–H groups in total. The van der Waals surface area contributed by atoms with E-state index in [9.17, 15) is 23.3 Å². The van der Waals surface area contributed by atoms with E-state index in [1.807, 2.05) is 0 Å². The molecule has 1 aliphatic rings. The zero-order chi connectivity index (χ0) is 15.6. The third-order valence-corrected chi connectivity index (χ3v) is 5.10. The number of rotatable bonds is 5. The molecule has 1 atom stereocenters. The Bertz CT molecular complexity index is 655. The maximum absolute atomic E-state index is 11.5. The average Bonchev–Trinajstić information content (AvgIpc) is 2.76. The first-order valence-corrected chi connectivity index (χ1v) is 8.04. The molecule has 1 aliphatic heterocycles. The number of hydrogen-bond donors (Lipinski definition) is 1. The number of non-ortho nitro benzene ring substituents is 1. The first-order valence-electron chi connectivity index (χ1n) is 6.22. The van der Waals surface area contributed by atoms with E-state index in [1.54, 1.807) is 0 Å². The molecule has 0 aromatic heterocycles. The number of carboxylic acids is 1. The van der Waals surface area contributed by atoms with Gasteiger partial charge in [-0.3, -0.25) is 14.9 Å². The monoisotopic (exact) mass is 314 g/mol. The number of aliphatic carboxylic acids is 1. The second-order valence-electron chi connectivity index (χ2n) is 4.85. The third kappa shape index (κ3) is 3.69. The van der Waals surface area contributed by atoms with Crippen molar-refractivity contribution in [3.8, 4) is 0 Å².